The monoisotopic (exact) mass is 514 g/mol. The molecule has 200 valence electrons. The Morgan fingerprint density at radius 3 is 2.26 bits per heavy atom. The van der Waals surface area contributed by atoms with Crippen molar-refractivity contribution in [3.05, 3.63) is 65.2 Å². The van der Waals surface area contributed by atoms with Crippen LogP contribution in [0.4, 0.5) is 10.5 Å². The van der Waals surface area contributed by atoms with Gasteiger partial charge in [-0.15, -0.1) is 0 Å². The van der Waals surface area contributed by atoms with Crippen molar-refractivity contribution >= 4 is 34.2 Å². The van der Waals surface area contributed by atoms with Gasteiger partial charge in [-0.05, 0) is 86.4 Å². The average Bonchev–Trinajstić information content (AvgIpc) is 2.94. The topological polar surface area (TPSA) is 83.6 Å². The molecule has 7 heteroatoms. The van der Waals surface area contributed by atoms with Gasteiger partial charge in [0.25, 0.3) is 5.91 Å². The quantitative estimate of drug-likeness (QED) is 0.325. The van der Waals surface area contributed by atoms with Gasteiger partial charge in [0.15, 0.2) is 0 Å². The molecule has 0 spiro atoms. The van der Waals surface area contributed by atoms with Crippen LogP contribution in [0.1, 0.15) is 73.5 Å². The van der Waals surface area contributed by atoms with Crippen molar-refractivity contribution in [2.24, 2.45) is 0 Å². The van der Waals surface area contributed by atoms with Crippen molar-refractivity contribution in [2.75, 3.05) is 25.5 Å². The first-order valence-electron chi connectivity index (χ1n) is 13.6. The summed E-state index contributed by atoms with van der Waals surface area (Å²) in [5.74, 6) is -0.461. The molecule has 1 aliphatic carbocycles. The molecule has 2 N–H and O–H groups in total. The zero-order valence-corrected chi connectivity index (χ0v) is 22.9. The van der Waals surface area contributed by atoms with Crippen molar-refractivity contribution in [1.82, 2.24) is 15.4 Å². The van der Waals surface area contributed by atoms with Crippen molar-refractivity contribution in [3.63, 3.8) is 0 Å². The van der Waals surface area contributed by atoms with Gasteiger partial charge in [0.05, 0.1) is 11.2 Å². The van der Waals surface area contributed by atoms with Crippen LogP contribution in [-0.2, 0) is 17.7 Å². The van der Waals surface area contributed by atoms with Gasteiger partial charge in [-0.2, -0.15) is 5.48 Å². The summed E-state index contributed by atoms with van der Waals surface area (Å²) >= 11 is 0. The predicted molar refractivity (Wildman–Crippen MR) is 154 cm³/mol. The molecule has 1 aromatic heterocycles. The molecule has 1 aliphatic rings. The fourth-order valence-electron chi connectivity index (χ4n) is 5.34. The lowest BCUT2D eigenvalue weighted by atomic mass is 9.84. The van der Waals surface area contributed by atoms with Crippen molar-refractivity contribution in [1.29, 1.82) is 0 Å². The molecular formula is C31H38N4O3. The largest absolute Gasteiger partial charge is 0.434 e. The minimum atomic E-state index is -0.541. The van der Waals surface area contributed by atoms with Gasteiger partial charge >= 0.3 is 6.09 Å². The van der Waals surface area contributed by atoms with Gasteiger partial charge in [-0.1, -0.05) is 32.6 Å². The van der Waals surface area contributed by atoms with E-state index in [1.165, 1.54) is 16.5 Å². The highest BCUT2D eigenvalue weighted by Crippen LogP contribution is 2.40. The lowest BCUT2D eigenvalue weighted by Gasteiger charge is -2.24. The summed E-state index contributed by atoms with van der Waals surface area (Å²) < 4.78 is 0. The molecule has 0 saturated heterocycles. The van der Waals surface area contributed by atoms with Crippen LogP contribution in [0.2, 0.25) is 0 Å². The number of hydrogen-bond donors (Lipinski definition) is 2. The number of hydroxylamine groups is 1. The third-order valence-electron chi connectivity index (χ3n) is 7.06. The Kier molecular flexibility index (Phi) is 8.66. The molecule has 0 saturated carbocycles. The predicted octanol–water partition coefficient (Wildman–Crippen LogP) is 6.76. The maximum atomic E-state index is 12.7. The fourth-order valence-corrected chi connectivity index (χ4v) is 5.34. The molecule has 0 fully saturated rings. The Morgan fingerprint density at radius 1 is 1.00 bits per heavy atom. The average molecular weight is 515 g/mol. The first-order valence-corrected chi connectivity index (χ1v) is 13.6. The molecule has 0 bridgehead atoms. The van der Waals surface area contributed by atoms with Crippen LogP contribution >= 0.6 is 0 Å². The molecule has 0 radical (unpaired) electrons. The highest BCUT2D eigenvalue weighted by molar-refractivity contribution is 6.01. The molecule has 0 atom stereocenters. The molecule has 3 aromatic rings. The van der Waals surface area contributed by atoms with Crippen molar-refractivity contribution in [2.45, 2.75) is 59.3 Å². The van der Waals surface area contributed by atoms with E-state index >= 15 is 0 Å². The summed E-state index contributed by atoms with van der Waals surface area (Å²) in [6, 6.07) is 11.5. The van der Waals surface area contributed by atoms with Crippen LogP contribution in [-0.4, -0.2) is 42.0 Å². The second kappa shape index (κ2) is 12.1. The molecule has 2 amide bonds. The molecular weight excluding hydrogens is 476 g/mol. The zero-order chi connectivity index (χ0) is 27.2. The van der Waals surface area contributed by atoms with Gasteiger partial charge in [0.2, 0.25) is 0 Å². The van der Waals surface area contributed by atoms with Gasteiger partial charge < -0.3 is 15.1 Å². The highest BCUT2D eigenvalue weighted by Gasteiger charge is 2.23. The Morgan fingerprint density at radius 2 is 1.66 bits per heavy atom. The lowest BCUT2D eigenvalue weighted by Crippen LogP contribution is -2.38. The molecule has 4 rings (SSSR count). The van der Waals surface area contributed by atoms with E-state index in [1.807, 2.05) is 40.0 Å². The number of pyridine rings is 1. The lowest BCUT2D eigenvalue weighted by molar-refractivity contribution is 0.0420. The van der Waals surface area contributed by atoms with E-state index in [0.29, 0.717) is 18.7 Å². The fraction of sp³-hybridized carbons (Fsp3) is 0.387. The number of nitrogens with zero attached hydrogens (tertiary/aromatic N) is 2. The summed E-state index contributed by atoms with van der Waals surface area (Å²) in [6.45, 7) is 11.5. The van der Waals surface area contributed by atoms with E-state index < -0.39 is 12.0 Å². The minimum Gasteiger partial charge on any atom is -0.388 e. The molecule has 7 nitrogen and oxygen atoms in total. The Hall–Kier alpha value is -3.87. The number of benzene rings is 2. The smallest absolute Gasteiger partial charge is 0.388 e. The van der Waals surface area contributed by atoms with Gasteiger partial charge in [-0.3, -0.25) is 4.79 Å². The summed E-state index contributed by atoms with van der Waals surface area (Å²) in [4.78, 5) is 36.8. The van der Waals surface area contributed by atoms with E-state index in [1.54, 1.807) is 17.0 Å². The number of nitrogens with one attached hydrogen (secondary N) is 2. The minimum absolute atomic E-state index is 0.414. The number of amides is 2. The molecule has 1 heterocycles. The SMILES string of the molecule is C=C(C)c1c(NC)ccc2nc(-c3ccc(C(=O)NOC(=O)N(CCC)CCC)cc3)c3c(c12)CCCC3. The number of fused-ring (bicyclic) bond motifs is 3. The second-order valence-electron chi connectivity index (χ2n) is 9.90. The number of allylic oxidation sites excluding steroid dienone is 1. The number of aryl methyl sites for hydroxylation is 1. The third-order valence-corrected chi connectivity index (χ3v) is 7.06. The maximum absolute atomic E-state index is 12.7. The maximum Gasteiger partial charge on any atom is 0.434 e. The second-order valence-corrected chi connectivity index (χ2v) is 9.90. The van der Waals surface area contributed by atoms with E-state index in [0.717, 1.165) is 72.1 Å². The molecule has 38 heavy (non-hydrogen) atoms. The summed E-state index contributed by atoms with van der Waals surface area (Å²) in [5.41, 5.74) is 11.4. The summed E-state index contributed by atoms with van der Waals surface area (Å²) in [7, 11) is 1.94. The van der Waals surface area contributed by atoms with E-state index in [9.17, 15) is 9.59 Å². The number of anilines is 1. The Bertz CT molecular complexity index is 1340. The van der Waals surface area contributed by atoms with Crippen LogP contribution < -0.4 is 10.8 Å². The number of aromatic nitrogens is 1. The highest BCUT2D eigenvalue weighted by atomic mass is 16.7. The Balaban J connectivity index is 1.62. The number of carbonyl (C=O) groups is 2. The van der Waals surface area contributed by atoms with Crippen LogP contribution in [0, 0.1) is 0 Å². The van der Waals surface area contributed by atoms with Gasteiger partial charge in [0, 0.05) is 47.9 Å². The van der Waals surface area contributed by atoms with E-state index in [-0.39, 0.29) is 0 Å². The summed E-state index contributed by atoms with van der Waals surface area (Å²) in [5, 5.41) is 4.51. The normalized spacial score (nSPS) is 12.5. The van der Waals surface area contributed by atoms with Crippen molar-refractivity contribution in [3.8, 4) is 11.3 Å². The first-order chi connectivity index (χ1) is 18.4. The number of carbonyl (C=O) groups excluding carboxylic acids is 2. The van der Waals surface area contributed by atoms with E-state index in [2.05, 4.69) is 29.5 Å². The van der Waals surface area contributed by atoms with Crippen molar-refractivity contribution < 1.29 is 14.4 Å². The number of rotatable bonds is 8. The standard InChI is InChI=1S/C31H38N4O3/c1-6-18-35(19-7-2)31(37)38-34-30(36)22-14-12-21(13-15-22)29-24-11-9-8-10-23(24)28-26(33-29)17-16-25(32-5)27(28)20(3)4/h12-17,32H,3,6-11,18-19H2,1-2,4-5H3,(H,34,36). The van der Waals surface area contributed by atoms with Crippen LogP contribution in [0.3, 0.4) is 0 Å². The molecule has 0 aliphatic heterocycles. The zero-order valence-electron chi connectivity index (χ0n) is 22.9. The van der Waals surface area contributed by atoms with Gasteiger partial charge in [0.1, 0.15) is 0 Å². The first kappa shape index (κ1) is 27.2. The summed E-state index contributed by atoms with van der Waals surface area (Å²) in [6.07, 6.45) is 5.35. The van der Waals surface area contributed by atoms with Gasteiger partial charge in [-0.25, -0.2) is 9.78 Å². The van der Waals surface area contributed by atoms with Crippen LogP contribution in [0.25, 0.3) is 27.7 Å². The molecule has 2 aromatic carbocycles. The molecule has 0 unspecified atom stereocenters. The Labute approximate surface area is 225 Å². The van der Waals surface area contributed by atoms with Crippen LogP contribution in [0.15, 0.2) is 43.0 Å². The van der Waals surface area contributed by atoms with Crippen LogP contribution in [0.5, 0.6) is 0 Å². The third kappa shape index (κ3) is 5.52. The van der Waals surface area contributed by atoms with E-state index in [4.69, 9.17) is 9.82 Å². The number of hydrogen-bond acceptors (Lipinski definition) is 5.